The van der Waals surface area contributed by atoms with Crippen LogP contribution in [-0.2, 0) is 14.6 Å². The van der Waals surface area contributed by atoms with E-state index in [2.05, 4.69) is 11.4 Å². The predicted molar refractivity (Wildman–Crippen MR) is 68.5 cm³/mol. The highest BCUT2D eigenvalue weighted by atomic mass is 32.2. The number of amides is 1. The van der Waals surface area contributed by atoms with Crippen LogP contribution in [0.15, 0.2) is 11.6 Å². The molecule has 1 aliphatic rings. The van der Waals surface area contributed by atoms with Crippen molar-refractivity contribution in [2.24, 2.45) is 0 Å². The first kappa shape index (κ1) is 14.2. The van der Waals surface area contributed by atoms with E-state index in [1.807, 2.05) is 0 Å². The Labute approximate surface area is 103 Å². The summed E-state index contributed by atoms with van der Waals surface area (Å²) in [5, 5.41) is 1.76. The lowest BCUT2D eigenvalue weighted by atomic mass is 10.00. The van der Waals surface area contributed by atoms with E-state index >= 15 is 0 Å². The zero-order valence-corrected chi connectivity index (χ0v) is 11.3. The van der Waals surface area contributed by atoms with Crippen molar-refractivity contribution >= 4 is 15.7 Å². The minimum Gasteiger partial charge on any atom is -0.351 e. The number of carbonyl (C=O) groups is 1. The third-order valence-electron chi connectivity index (χ3n) is 3.18. The fourth-order valence-electron chi connectivity index (χ4n) is 1.82. The summed E-state index contributed by atoms with van der Waals surface area (Å²) in [6.07, 6.45) is 6.58. The van der Waals surface area contributed by atoms with Gasteiger partial charge < -0.3 is 5.32 Å². The summed E-state index contributed by atoms with van der Waals surface area (Å²) in [6, 6.07) is 0. The Morgan fingerprint density at radius 1 is 1.47 bits per heavy atom. The van der Waals surface area contributed by atoms with Gasteiger partial charge in [0.2, 0.25) is 5.91 Å². The number of rotatable bonds is 5. The maximum atomic E-state index is 11.7. The van der Waals surface area contributed by atoms with Gasteiger partial charge in [0.05, 0.1) is 0 Å². The Morgan fingerprint density at radius 3 is 2.71 bits per heavy atom. The molecule has 0 radical (unpaired) electrons. The molecule has 1 amide bonds. The summed E-state index contributed by atoms with van der Waals surface area (Å²) in [4.78, 5) is 11.7. The quantitative estimate of drug-likeness (QED) is 0.760. The molecule has 1 atom stereocenters. The maximum absolute atomic E-state index is 11.7. The first-order valence-corrected chi connectivity index (χ1v) is 7.86. The lowest BCUT2D eigenvalue weighted by Gasteiger charge is -2.15. The Bertz CT molecular complexity index is 398. The van der Waals surface area contributed by atoms with E-state index < -0.39 is 21.0 Å². The molecule has 0 aromatic rings. The van der Waals surface area contributed by atoms with Crippen LogP contribution in [0.4, 0.5) is 0 Å². The van der Waals surface area contributed by atoms with Gasteiger partial charge in [-0.15, -0.1) is 0 Å². The van der Waals surface area contributed by atoms with Gasteiger partial charge in [0.25, 0.3) is 0 Å². The fraction of sp³-hybridized carbons (Fsp3) is 0.750. The molecule has 0 aromatic heterocycles. The van der Waals surface area contributed by atoms with E-state index in [1.165, 1.54) is 18.9 Å². The molecule has 1 aliphatic carbocycles. The van der Waals surface area contributed by atoms with Crippen molar-refractivity contribution in [2.75, 3.05) is 12.3 Å². The molecule has 0 spiro atoms. The zero-order chi connectivity index (χ0) is 12.9. The van der Waals surface area contributed by atoms with Crippen LogP contribution < -0.4 is 5.32 Å². The van der Waals surface area contributed by atoms with Crippen molar-refractivity contribution in [2.45, 2.75) is 44.8 Å². The van der Waals surface area contributed by atoms with E-state index in [1.54, 1.807) is 6.92 Å². The standard InChI is InChI=1S/C12H21NO3S/c1-3-17(15,16)10(2)12(14)13-9-11-7-5-4-6-8-11/h7,10H,3-6,8-9H2,1-2H3,(H,13,14). The highest BCUT2D eigenvalue weighted by molar-refractivity contribution is 7.92. The number of nitrogens with one attached hydrogen (secondary N) is 1. The summed E-state index contributed by atoms with van der Waals surface area (Å²) in [5.74, 6) is -0.386. The van der Waals surface area contributed by atoms with Crippen LogP contribution in [0.1, 0.15) is 39.5 Å². The highest BCUT2D eigenvalue weighted by Gasteiger charge is 2.25. The Kier molecular flexibility index (Phi) is 5.18. The first-order chi connectivity index (χ1) is 7.97. The van der Waals surface area contributed by atoms with Gasteiger partial charge >= 0.3 is 0 Å². The fourth-order valence-corrected chi connectivity index (χ4v) is 2.73. The predicted octanol–water partition coefficient (Wildman–Crippen LogP) is 1.43. The molecular weight excluding hydrogens is 238 g/mol. The van der Waals surface area contributed by atoms with Crippen LogP contribution >= 0.6 is 0 Å². The molecule has 1 rings (SSSR count). The second kappa shape index (κ2) is 6.19. The monoisotopic (exact) mass is 259 g/mol. The summed E-state index contributed by atoms with van der Waals surface area (Å²) in [6.45, 7) is 3.49. The normalized spacial score (nSPS) is 18.4. The molecule has 0 fully saturated rings. The number of carbonyl (C=O) groups excluding carboxylic acids is 1. The third kappa shape index (κ3) is 4.15. The molecule has 1 N–H and O–H groups in total. The van der Waals surface area contributed by atoms with Gasteiger partial charge in [0.15, 0.2) is 9.84 Å². The number of hydrogen-bond donors (Lipinski definition) is 1. The molecule has 4 nitrogen and oxygen atoms in total. The molecule has 98 valence electrons. The minimum atomic E-state index is -3.28. The van der Waals surface area contributed by atoms with Gasteiger partial charge in [-0.05, 0) is 32.6 Å². The van der Waals surface area contributed by atoms with Gasteiger partial charge in [-0.25, -0.2) is 8.42 Å². The van der Waals surface area contributed by atoms with Crippen molar-refractivity contribution in [1.29, 1.82) is 0 Å². The SMILES string of the molecule is CCS(=O)(=O)C(C)C(=O)NCC1=CCCCC1. The van der Waals surface area contributed by atoms with Gasteiger partial charge in [-0.1, -0.05) is 18.6 Å². The average Bonchev–Trinajstić information content (AvgIpc) is 2.36. The number of sulfone groups is 1. The van der Waals surface area contributed by atoms with Crippen molar-refractivity contribution in [3.05, 3.63) is 11.6 Å². The molecule has 0 saturated heterocycles. The van der Waals surface area contributed by atoms with Crippen molar-refractivity contribution in [1.82, 2.24) is 5.32 Å². The number of allylic oxidation sites excluding steroid dienone is 1. The molecule has 0 bridgehead atoms. The minimum absolute atomic E-state index is 0.00425. The van der Waals surface area contributed by atoms with Gasteiger partial charge in [-0.3, -0.25) is 4.79 Å². The van der Waals surface area contributed by atoms with Crippen LogP contribution in [0.3, 0.4) is 0 Å². The van der Waals surface area contributed by atoms with Gasteiger partial charge in [-0.2, -0.15) is 0 Å². The highest BCUT2D eigenvalue weighted by Crippen LogP contribution is 2.16. The van der Waals surface area contributed by atoms with Gasteiger partial charge in [0.1, 0.15) is 5.25 Å². The summed E-state index contributed by atoms with van der Waals surface area (Å²) in [5.41, 5.74) is 1.21. The average molecular weight is 259 g/mol. The molecule has 17 heavy (non-hydrogen) atoms. The second-order valence-electron chi connectivity index (χ2n) is 4.42. The van der Waals surface area contributed by atoms with E-state index in [9.17, 15) is 13.2 Å². The lowest BCUT2D eigenvalue weighted by Crippen LogP contribution is -2.39. The third-order valence-corrected chi connectivity index (χ3v) is 5.28. The van der Waals surface area contributed by atoms with E-state index in [0.717, 1.165) is 19.3 Å². The van der Waals surface area contributed by atoms with Crippen molar-refractivity contribution < 1.29 is 13.2 Å². The maximum Gasteiger partial charge on any atom is 0.238 e. The van der Waals surface area contributed by atoms with Crippen molar-refractivity contribution in [3.63, 3.8) is 0 Å². The molecule has 0 saturated carbocycles. The first-order valence-electron chi connectivity index (χ1n) is 6.14. The number of hydrogen-bond acceptors (Lipinski definition) is 3. The van der Waals surface area contributed by atoms with Crippen molar-refractivity contribution in [3.8, 4) is 0 Å². The van der Waals surface area contributed by atoms with Crippen LogP contribution in [0.5, 0.6) is 0 Å². The molecular formula is C12H21NO3S. The second-order valence-corrected chi connectivity index (χ2v) is 7.03. The van der Waals surface area contributed by atoms with Crippen LogP contribution in [-0.4, -0.2) is 31.9 Å². The smallest absolute Gasteiger partial charge is 0.238 e. The van der Waals surface area contributed by atoms with E-state index in [-0.39, 0.29) is 5.75 Å². The molecule has 0 aliphatic heterocycles. The van der Waals surface area contributed by atoms with Crippen LogP contribution in [0.25, 0.3) is 0 Å². The zero-order valence-electron chi connectivity index (χ0n) is 10.5. The molecule has 0 aromatic carbocycles. The lowest BCUT2D eigenvalue weighted by molar-refractivity contribution is -0.120. The molecule has 5 heteroatoms. The Morgan fingerprint density at radius 2 is 2.18 bits per heavy atom. The Hall–Kier alpha value is -0.840. The summed E-state index contributed by atoms with van der Waals surface area (Å²) < 4.78 is 23.0. The molecule has 1 unspecified atom stereocenters. The van der Waals surface area contributed by atoms with Gasteiger partial charge in [0, 0.05) is 12.3 Å². The van der Waals surface area contributed by atoms with E-state index in [0.29, 0.717) is 6.54 Å². The largest absolute Gasteiger partial charge is 0.351 e. The molecule has 0 heterocycles. The van der Waals surface area contributed by atoms with Crippen LogP contribution in [0.2, 0.25) is 0 Å². The van der Waals surface area contributed by atoms with Crippen LogP contribution in [0, 0.1) is 0 Å². The Balaban J connectivity index is 2.47. The summed E-state index contributed by atoms with van der Waals surface area (Å²) >= 11 is 0. The summed E-state index contributed by atoms with van der Waals surface area (Å²) in [7, 11) is -3.28. The topological polar surface area (TPSA) is 63.2 Å². The van der Waals surface area contributed by atoms with E-state index in [4.69, 9.17) is 0 Å².